The fraction of sp³-hybridized carbons (Fsp3) is 0.357. The first-order valence-corrected chi connectivity index (χ1v) is 13.6. The Bertz CT molecular complexity index is 1350. The van der Waals surface area contributed by atoms with E-state index >= 15 is 0 Å². The number of fused-ring (bicyclic) bond motifs is 1. The summed E-state index contributed by atoms with van der Waals surface area (Å²) in [6.07, 6.45) is 4.75. The summed E-state index contributed by atoms with van der Waals surface area (Å²) in [5.41, 5.74) is 5.50. The molecule has 188 valence electrons. The quantitative estimate of drug-likeness (QED) is 0.352. The summed E-state index contributed by atoms with van der Waals surface area (Å²) in [6.45, 7) is 4.91. The van der Waals surface area contributed by atoms with Crippen molar-refractivity contribution in [1.29, 1.82) is 0 Å². The third kappa shape index (κ3) is 5.15. The van der Waals surface area contributed by atoms with Crippen molar-refractivity contribution < 1.29 is 4.74 Å². The van der Waals surface area contributed by atoms with E-state index in [1.807, 2.05) is 13.2 Å². The molecule has 0 radical (unpaired) electrons. The molecule has 0 spiro atoms. The van der Waals surface area contributed by atoms with Crippen LogP contribution >= 0.6 is 11.8 Å². The van der Waals surface area contributed by atoms with Gasteiger partial charge in [-0.05, 0) is 37.1 Å². The molecule has 2 aromatic heterocycles. The molecule has 1 aliphatic rings. The summed E-state index contributed by atoms with van der Waals surface area (Å²) in [5.74, 6) is 2.51. The van der Waals surface area contributed by atoms with Crippen molar-refractivity contribution >= 4 is 34.3 Å². The van der Waals surface area contributed by atoms with Gasteiger partial charge in [0, 0.05) is 74.6 Å². The zero-order chi connectivity index (χ0) is 25.1. The zero-order valence-electron chi connectivity index (χ0n) is 21.5. The van der Waals surface area contributed by atoms with Crippen LogP contribution in [-0.2, 0) is 20.0 Å². The topological polar surface area (TPSA) is 58.5 Å². The maximum atomic E-state index is 5.81. The van der Waals surface area contributed by atoms with Gasteiger partial charge in [0.2, 0.25) is 0 Å². The van der Waals surface area contributed by atoms with E-state index in [9.17, 15) is 0 Å². The van der Waals surface area contributed by atoms with Crippen LogP contribution in [0.5, 0.6) is 5.75 Å². The zero-order valence-corrected chi connectivity index (χ0v) is 22.3. The number of nitrogens with zero attached hydrogens (tertiary/aromatic N) is 5. The van der Waals surface area contributed by atoms with Gasteiger partial charge >= 0.3 is 0 Å². The number of rotatable bonds is 8. The highest BCUT2D eigenvalue weighted by Crippen LogP contribution is 2.29. The molecule has 5 rings (SSSR count). The number of piperazine rings is 1. The Hall–Kier alpha value is -3.23. The van der Waals surface area contributed by atoms with Crippen molar-refractivity contribution in [3.05, 3.63) is 71.7 Å². The number of likely N-dealkylation sites (N-methyl/N-ethyl adjacent to an activating group) is 1. The smallest absolute Gasteiger partial charge is 0.154 e. The van der Waals surface area contributed by atoms with Crippen molar-refractivity contribution in [2.24, 2.45) is 7.05 Å². The number of hydrogen-bond acceptors (Lipinski definition) is 7. The van der Waals surface area contributed by atoms with Gasteiger partial charge in [0.15, 0.2) is 5.82 Å². The van der Waals surface area contributed by atoms with Gasteiger partial charge in [0.25, 0.3) is 0 Å². The maximum absolute atomic E-state index is 5.81. The van der Waals surface area contributed by atoms with Crippen LogP contribution in [-0.4, -0.2) is 66.0 Å². The summed E-state index contributed by atoms with van der Waals surface area (Å²) in [4.78, 5) is 15.9. The van der Waals surface area contributed by atoms with Crippen molar-refractivity contribution in [2.75, 3.05) is 56.8 Å². The van der Waals surface area contributed by atoms with E-state index in [1.165, 1.54) is 16.1 Å². The van der Waals surface area contributed by atoms with E-state index in [-0.39, 0.29) is 0 Å². The molecule has 7 nitrogen and oxygen atoms in total. The van der Waals surface area contributed by atoms with Crippen LogP contribution in [0.25, 0.3) is 11.0 Å². The van der Waals surface area contributed by atoms with Gasteiger partial charge in [0.05, 0.1) is 12.6 Å². The molecule has 4 aromatic rings. The minimum absolute atomic E-state index is 0.604. The second-order valence-electron chi connectivity index (χ2n) is 9.28. The highest BCUT2D eigenvalue weighted by atomic mass is 32.2. The highest BCUT2D eigenvalue weighted by Gasteiger charge is 2.18. The summed E-state index contributed by atoms with van der Waals surface area (Å²) in [5, 5.41) is 3.59. The molecule has 1 fully saturated rings. The lowest BCUT2D eigenvalue weighted by Gasteiger charge is -2.34. The number of anilines is 2. The minimum atomic E-state index is 0.604. The lowest BCUT2D eigenvalue weighted by molar-refractivity contribution is 0.312. The third-order valence-corrected chi connectivity index (χ3v) is 7.73. The van der Waals surface area contributed by atoms with Gasteiger partial charge in [-0.3, -0.25) is 0 Å². The summed E-state index contributed by atoms with van der Waals surface area (Å²) >= 11 is 1.76. The Kier molecular flexibility index (Phi) is 7.34. The molecule has 0 unspecified atom stereocenters. The number of nitrogens with one attached hydrogen (secondary N) is 1. The predicted molar refractivity (Wildman–Crippen MR) is 150 cm³/mol. The number of methoxy groups -OCH3 is 1. The van der Waals surface area contributed by atoms with Crippen LogP contribution in [0.1, 0.15) is 17.0 Å². The number of aromatic nitrogens is 3. The van der Waals surface area contributed by atoms with Gasteiger partial charge in [-0.1, -0.05) is 24.3 Å². The van der Waals surface area contributed by atoms with Gasteiger partial charge in [-0.25, -0.2) is 9.97 Å². The van der Waals surface area contributed by atoms with E-state index in [0.717, 1.165) is 60.2 Å². The second kappa shape index (κ2) is 10.8. The summed E-state index contributed by atoms with van der Waals surface area (Å²) in [7, 11) is 5.95. The largest absolute Gasteiger partial charge is 0.496 e. The van der Waals surface area contributed by atoms with E-state index < -0.39 is 0 Å². The van der Waals surface area contributed by atoms with Crippen LogP contribution in [0, 0.1) is 0 Å². The van der Waals surface area contributed by atoms with Gasteiger partial charge < -0.3 is 24.4 Å². The molecule has 8 heteroatoms. The molecule has 0 bridgehead atoms. The van der Waals surface area contributed by atoms with Crippen LogP contribution in [0.3, 0.4) is 0 Å². The fourth-order valence-electron chi connectivity index (χ4n) is 4.78. The number of hydrogen-bond donors (Lipinski definition) is 1. The second-order valence-corrected chi connectivity index (χ2v) is 10.1. The molecule has 2 aromatic carbocycles. The first kappa shape index (κ1) is 24.5. The van der Waals surface area contributed by atoms with Crippen molar-refractivity contribution in [3.8, 4) is 5.75 Å². The average Bonchev–Trinajstić information content (AvgIpc) is 3.28. The Morgan fingerprint density at radius 3 is 2.56 bits per heavy atom. The molecule has 0 saturated carbocycles. The van der Waals surface area contributed by atoms with Gasteiger partial charge in [-0.15, -0.1) is 11.8 Å². The molecule has 0 aliphatic carbocycles. The van der Waals surface area contributed by atoms with E-state index in [1.54, 1.807) is 18.9 Å². The lowest BCUT2D eigenvalue weighted by atomic mass is 10.1. The molecule has 36 heavy (non-hydrogen) atoms. The van der Waals surface area contributed by atoms with Crippen molar-refractivity contribution in [3.63, 3.8) is 0 Å². The predicted octanol–water partition coefficient (Wildman–Crippen LogP) is 4.65. The van der Waals surface area contributed by atoms with Crippen LogP contribution in [0.4, 0.5) is 11.5 Å². The van der Waals surface area contributed by atoms with Crippen LogP contribution in [0.2, 0.25) is 0 Å². The Labute approximate surface area is 217 Å². The van der Waals surface area contributed by atoms with Crippen molar-refractivity contribution in [2.45, 2.75) is 17.9 Å². The van der Waals surface area contributed by atoms with E-state index in [2.05, 4.69) is 81.5 Å². The van der Waals surface area contributed by atoms with Gasteiger partial charge in [-0.2, -0.15) is 0 Å². The Balaban J connectivity index is 1.41. The van der Waals surface area contributed by atoms with E-state index in [4.69, 9.17) is 14.7 Å². The molecule has 1 saturated heterocycles. The first-order chi connectivity index (χ1) is 17.6. The molecule has 0 amide bonds. The Morgan fingerprint density at radius 1 is 0.972 bits per heavy atom. The fourth-order valence-corrected chi connectivity index (χ4v) is 5.40. The molecular formula is C28H34N6OS. The van der Waals surface area contributed by atoms with Crippen LogP contribution in [0.15, 0.2) is 59.6 Å². The normalized spacial score (nSPS) is 14.4. The minimum Gasteiger partial charge on any atom is -0.496 e. The summed E-state index contributed by atoms with van der Waals surface area (Å²) < 4.78 is 7.88. The maximum Gasteiger partial charge on any atom is 0.154 e. The number of benzene rings is 2. The Morgan fingerprint density at radius 2 is 1.78 bits per heavy atom. The SMILES string of the molecule is COc1cc(N2CCN(C)CC2)ccc1Cc1nc(NCc2ccccc2SC)c2c(ccn2C)n1. The van der Waals surface area contributed by atoms with Gasteiger partial charge in [0.1, 0.15) is 17.1 Å². The monoisotopic (exact) mass is 502 g/mol. The number of thioether (sulfide) groups is 1. The molecule has 0 atom stereocenters. The molecule has 1 aliphatic heterocycles. The number of aryl methyl sites for hydroxylation is 1. The number of ether oxygens (including phenoxy) is 1. The van der Waals surface area contributed by atoms with Crippen molar-refractivity contribution in [1.82, 2.24) is 19.4 Å². The lowest BCUT2D eigenvalue weighted by Crippen LogP contribution is -2.44. The average molecular weight is 503 g/mol. The summed E-state index contributed by atoms with van der Waals surface area (Å²) in [6, 6.07) is 17.0. The first-order valence-electron chi connectivity index (χ1n) is 12.3. The third-order valence-electron chi connectivity index (χ3n) is 6.89. The van der Waals surface area contributed by atoms with Crippen LogP contribution < -0.4 is 15.0 Å². The highest BCUT2D eigenvalue weighted by molar-refractivity contribution is 7.98. The molecule has 1 N–H and O–H groups in total. The standard InChI is InChI=1S/C28H34N6OS/c1-32-13-15-34(16-14-32)22-10-9-20(24(18-22)35-3)17-26-30-23-11-12-33(2)27(23)28(31-26)29-19-21-7-5-6-8-25(21)36-4/h5-12,18H,13-17,19H2,1-4H3,(H,29,30,31). The molecule has 3 heterocycles. The molecular weight excluding hydrogens is 468 g/mol. The van der Waals surface area contributed by atoms with E-state index in [0.29, 0.717) is 13.0 Å².